The number of anilines is 1. The first-order valence-electron chi connectivity index (χ1n) is 7.33. The quantitative estimate of drug-likeness (QED) is 0.617. The average molecular weight is 348 g/mol. The Morgan fingerprint density at radius 3 is 2.40 bits per heavy atom. The summed E-state index contributed by atoms with van der Waals surface area (Å²) >= 11 is 0. The van der Waals surface area contributed by atoms with Crippen LogP contribution in [0.5, 0.6) is 5.75 Å². The van der Waals surface area contributed by atoms with E-state index in [1.165, 1.54) is 24.7 Å². The molecule has 1 aromatic carbocycles. The number of carbonyl (C=O) groups is 1. The van der Waals surface area contributed by atoms with Gasteiger partial charge in [0.15, 0.2) is 12.1 Å². The van der Waals surface area contributed by atoms with E-state index in [4.69, 9.17) is 5.73 Å². The first-order valence-corrected chi connectivity index (χ1v) is 7.33. The zero-order valence-electron chi connectivity index (χ0n) is 14.0. The van der Waals surface area contributed by atoms with Gasteiger partial charge in [0, 0.05) is 28.8 Å². The van der Waals surface area contributed by atoms with Crippen LogP contribution in [0.15, 0.2) is 18.5 Å². The van der Waals surface area contributed by atoms with Crippen molar-refractivity contribution in [3.8, 4) is 11.4 Å². The maximum Gasteiger partial charge on any atom is 0.166 e. The molecule has 0 spiro atoms. The molecule has 132 valence electrons. The first kappa shape index (κ1) is 18.3. The van der Waals surface area contributed by atoms with Crippen molar-refractivity contribution in [2.24, 2.45) is 5.73 Å². The lowest BCUT2D eigenvalue weighted by molar-refractivity contribution is 0.112. The van der Waals surface area contributed by atoms with Crippen LogP contribution in [0.25, 0.3) is 16.6 Å². The van der Waals surface area contributed by atoms with E-state index in [-0.39, 0.29) is 39.3 Å². The fraction of sp³-hybridized carbons (Fsp3) is 0.176. The molecule has 25 heavy (non-hydrogen) atoms. The Morgan fingerprint density at radius 2 is 1.80 bits per heavy atom. The SMILES string of the molecule is CN.Cc1c(O)cc(F)c(C)c1-n1c(N)c(C=O)c2cncc(F)c21. The monoisotopic (exact) mass is 348 g/mol. The van der Waals surface area contributed by atoms with Gasteiger partial charge in [-0.05, 0) is 20.9 Å². The van der Waals surface area contributed by atoms with Crippen LogP contribution in [0.3, 0.4) is 0 Å². The standard InChI is InChI=1S/C16H13F2N3O2.CH5N/c1-7-11(17)3-13(23)8(2)14(7)21-15-9(4-20-5-12(15)18)10(6-22)16(21)19;1-2/h3-6,23H,19H2,1-2H3;2H2,1H3. The van der Waals surface area contributed by atoms with Gasteiger partial charge in [-0.25, -0.2) is 8.78 Å². The molecule has 0 fully saturated rings. The summed E-state index contributed by atoms with van der Waals surface area (Å²) in [6, 6.07) is 0.981. The number of pyridine rings is 1. The highest BCUT2D eigenvalue weighted by molar-refractivity contribution is 6.04. The summed E-state index contributed by atoms with van der Waals surface area (Å²) in [5, 5.41) is 10.1. The van der Waals surface area contributed by atoms with E-state index in [9.17, 15) is 18.7 Å². The van der Waals surface area contributed by atoms with E-state index in [1.54, 1.807) is 6.92 Å². The minimum absolute atomic E-state index is 0.0100. The average Bonchev–Trinajstić information content (AvgIpc) is 2.88. The smallest absolute Gasteiger partial charge is 0.166 e. The maximum atomic E-state index is 14.3. The number of aromatic hydroxyl groups is 1. The molecule has 0 radical (unpaired) electrons. The lowest BCUT2D eigenvalue weighted by Gasteiger charge is -2.16. The van der Waals surface area contributed by atoms with Gasteiger partial charge in [-0.3, -0.25) is 14.3 Å². The number of carbonyl (C=O) groups excluding carboxylic acids is 1. The van der Waals surface area contributed by atoms with Crippen molar-refractivity contribution in [2.75, 3.05) is 12.8 Å². The van der Waals surface area contributed by atoms with Gasteiger partial charge in [-0.1, -0.05) is 0 Å². The lowest BCUT2D eigenvalue weighted by Crippen LogP contribution is -2.07. The predicted octanol–water partition coefficient (Wildman–Crippen LogP) is 2.60. The number of hydrogen-bond donors (Lipinski definition) is 3. The van der Waals surface area contributed by atoms with Gasteiger partial charge in [-0.2, -0.15) is 0 Å². The summed E-state index contributed by atoms with van der Waals surface area (Å²) in [6.07, 6.45) is 2.80. The second-order valence-corrected chi connectivity index (χ2v) is 5.25. The number of hydrogen-bond acceptors (Lipinski definition) is 5. The van der Waals surface area contributed by atoms with Crippen LogP contribution in [-0.2, 0) is 0 Å². The summed E-state index contributed by atoms with van der Waals surface area (Å²) in [6.45, 7) is 3.05. The summed E-state index contributed by atoms with van der Waals surface area (Å²) in [5.74, 6) is -1.69. The molecule has 8 heteroatoms. The van der Waals surface area contributed by atoms with Crippen LogP contribution in [-0.4, -0.2) is 28.0 Å². The van der Waals surface area contributed by atoms with Crippen molar-refractivity contribution in [1.82, 2.24) is 9.55 Å². The molecule has 0 atom stereocenters. The van der Waals surface area contributed by atoms with Gasteiger partial charge in [-0.15, -0.1) is 0 Å². The van der Waals surface area contributed by atoms with Crippen LogP contribution in [0.4, 0.5) is 14.6 Å². The third kappa shape index (κ3) is 2.70. The van der Waals surface area contributed by atoms with Crippen LogP contribution in [0.1, 0.15) is 21.5 Å². The molecule has 6 nitrogen and oxygen atoms in total. The van der Waals surface area contributed by atoms with Gasteiger partial charge in [0.2, 0.25) is 0 Å². The second-order valence-electron chi connectivity index (χ2n) is 5.25. The molecule has 0 bridgehead atoms. The normalized spacial score (nSPS) is 10.5. The Balaban J connectivity index is 0.00000109. The highest BCUT2D eigenvalue weighted by Gasteiger charge is 2.23. The zero-order chi connectivity index (χ0) is 18.9. The number of benzene rings is 1. The molecular formula is C17H18F2N4O2. The number of nitrogen functional groups attached to an aromatic ring is 1. The topological polar surface area (TPSA) is 107 Å². The Bertz CT molecular complexity index is 941. The summed E-state index contributed by atoms with van der Waals surface area (Å²) < 4.78 is 29.6. The van der Waals surface area contributed by atoms with E-state index in [1.807, 2.05) is 0 Å². The Hall–Kier alpha value is -3.00. The van der Waals surface area contributed by atoms with E-state index in [2.05, 4.69) is 10.7 Å². The molecule has 3 aromatic rings. The van der Waals surface area contributed by atoms with Gasteiger partial charge in [0.25, 0.3) is 0 Å². The molecule has 0 amide bonds. The number of fused-ring (bicyclic) bond motifs is 1. The Morgan fingerprint density at radius 1 is 1.16 bits per heavy atom. The summed E-state index contributed by atoms with van der Waals surface area (Å²) in [7, 11) is 1.50. The van der Waals surface area contributed by atoms with Crippen LogP contribution >= 0.6 is 0 Å². The lowest BCUT2D eigenvalue weighted by atomic mass is 10.1. The number of aromatic nitrogens is 2. The number of phenolic OH excluding ortho intramolecular Hbond substituents is 1. The third-order valence-electron chi connectivity index (χ3n) is 3.96. The largest absolute Gasteiger partial charge is 0.507 e. The second kappa shape index (κ2) is 6.86. The highest BCUT2D eigenvalue weighted by atomic mass is 19.1. The minimum Gasteiger partial charge on any atom is -0.507 e. The highest BCUT2D eigenvalue weighted by Crippen LogP contribution is 2.37. The Kier molecular flexibility index (Phi) is 5.03. The molecule has 0 saturated carbocycles. The molecular weight excluding hydrogens is 330 g/mol. The molecule has 0 unspecified atom stereocenters. The number of rotatable bonds is 2. The van der Waals surface area contributed by atoms with Crippen LogP contribution in [0, 0.1) is 25.5 Å². The molecule has 0 aliphatic carbocycles. The molecule has 0 aliphatic heterocycles. The van der Waals surface area contributed by atoms with E-state index >= 15 is 0 Å². The minimum atomic E-state index is -0.704. The number of halogens is 2. The fourth-order valence-electron chi connectivity index (χ4n) is 2.78. The van der Waals surface area contributed by atoms with Crippen LogP contribution in [0.2, 0.25) is 0 Å². The molecule has 0 aliphatic rings. The number of aldehydes is 1. The van der Waals surface area contributed by atoms with Crippen molar-refractivity contribution >= 4 is 23.0 Å². The number of nitrogens with zero attached hydrogens (tertiary/aromatic N) is 2. The van der Waals surface area contributed by atoms with Gasteiger partial charge in [0.1, 0.15) is 17.4 Å². The van der Waals surface area contributed by atoms with Crippen LogP contribution < -0.4 is 11.5 Å². The number of phenols is 1. The van der Waals surface area contributed by atoms with Gasteiger partial charge in [0.05, 0.1) is 23.0 Å². The predicted molar refractivity (Wildman–Crippen MR) is 92.0 cm³/mol. The Labute approximate surface area is 142 Å². The van der Waals surface area contributed by atoms with Crippen molar-refractivity contribution in [2.45, 2.75) is 13.8 Å². The molecule has 5 N–H and O–H groups in total. The van der Waals surface area contributed by atoms with Crippen molar-refractivity contribution in [3.05, 3.63) is 46.8 Å². The van der Waals surface area contributed by atoms with E-state index in [0.29, 0.717) is 11.8 Å². The molecule has 2 heterocycles. The van der Waals surface area contributed by atoms with Crippen molar-refractivity contribution in [3.63, 3.8) is 0 Å². The molecule has 2 aromatic heterocycles. The molecule has 3 rings (SSSR count). The van der Waals surface area contributed by atoms with Gasteiger partial charge < -0.3 is 16.6 Å². The van der Waals surface area contributed by atoms with Crippen molar-refractivity contribution < 1.29 is 18.7 Å². The van der Waals surface area contributed by atoms with E-state index < -0.39 is 11.6 Å². The fourth-order valence-corrected chi connectivity index (χ4v) is 2.78. The van der Waals surface area contributed by atoms with E-state index in [0.717, 1.165) is 12.3 Å². The zero-order valence-corrected chi connectivity index (χ0v) is 14.0. The molecule has 0 saturated heterocycles. The van der Waals surface area contributed by atoms with Crippen molar-refractivity contribution in [1.29, 1.82) is 0 Å². The number of nitrogens with two attached hydrogens (primary N) is 2. The summed E-state index contributed by atoms with van der Waals surface area (Å²) in [5.41, 5.74) is 11.3. The third-order valence-corrected chi connectivity index (χ3v) is 3.96. The summed E-state index contributed by atoms with van der Waals surface area (Å²) in [4.78, 5) is 15.1. The first-order chi connectivity index (χ1) is 11.9. The van der Waals surface area contributed by atoms with Gasteiger partial charge >= 0.3 is 0 Å². The maximum absolute atomic E-state index is 14.3.